The number of hydrogen-bond acceptors (Lipinski definition) is 3. The molecule has 0 unspecified atom stereocenters. The molecule has 1 atom stereocenters. The molecule has 0 bridgehead atoms. The van der Waals surface area contributed by atoms with Crippen molar-refractivity contribution in [3.05, 3.63) is 64.7 Å². The summed E-state index contributed by atoms with van der Waals surface area (Å²) in [6.07, 6.45) is 3.23. The molecule has 2 aliphatic rings. The minimum absolute atomic E-state index is 0.207. The first-order valence-corrected chi connectivity index (χ1v) is 9.37. The molecule has 0 radical (unpaired) electrons. The van der Waals surface area contributed by atoms with E-state index in [4.69, 9.17) is 0 Å². The second kappa shape index (κ2) is 6.65. The van der Waals surface area contributed by atoms with Gasteiger partial charge in [0.05, 0.1) is 11.1 Å². The SMILES string of the molecule is CC(C)[C@@H](C(=O)Nc1ccc2c(c1)CCC2)N1C(=O)c2ccccc2C1=O. The van der Waals surface area contributed by atoms with Gasteiger partial charge in [-0.1, -0.05) is 32.0 Å². The van der Waals surface area contributed by atoms with Crippen molar-refractivity contribution in [1.29, 1.82) is 0 Å². The molecule has 0 aromatic heterocycles. The Kier molecular flexibility index (Phi) is 4.30. The Morgan fingerprint density at radius 1 is 0.963 bits per heavy atom. The van der Waals surface area contributed by atoms with Crippen LogP contribution in [0.3, 0.4) is 0 Å². The van der Waals surface area contributed by atoms with Gasteiger partial charge in [0.2, 0.25) is 5.91 Å². The maximum absolute atomic E-state index is 13.0. The van der Waals surface area contributed by atoms with Gasteiger partial charge in [0.1, 0.15) is 6.04 Å². The monoisotopic (exact) mass is 362 g/mol. The number of nitrogens with zero attached hydrogens (tertiary/aromatic N) is 1. The third kappa shape index (κ3) is 2.93. The minimum Gasteiger partial charge on any atom is -0.324 e. The highest BCUT2D eigenvalue weighted by molar-refractivity contribution is 6.23. The highest BCUT2D eigenvalue weighted by atomic mass is 16.2. The summed E-state index contributed by atoms with van der Waals surface area (Å²) in [6.45, 7) is 3.69. The van der Waals surface area contributed by atoms with Crippen LogP contribution in [0.5, 0.6) is 0 Å². The van der Waals surface area contributed by atoms with Crippen LogP contribution in [0.4, 0.5) is 5.69 Å². The average Bonchev–Trinajstić information content (AvgIpc) is 3.20. The molecule has 138 valence electrons. The van der Waals surface area contributed by atoms with E-state index in [1.807, 2.05) is 32.0 Å². The first-order chi connectivity index (χ1) is 13.0. The van der Waals surface area contributed by atoms with E-state index in [9.17, 15) is 14.4 Å². The Bertz CT molecular complexity index is 913. The number of aryl methyl sites for hydroxylation is 2. The second-order valence-corrected chi connectivity index (χ2v) is 7.54. The van der Waals surface area contributed by atoms with E-state index in [-0.39, 0.29) is 11.8 Å². The fraction of sp³-hybridized carbons (Fsp3) is 0.318. The van der Waals surface area contributed by atoms with Crippen LogP contribution in [-0.4, -0.2) is 28.7 Å². The van der Waals surface area contributed by atoms with Crippen LogP contribution >= 0.6 is 0 Å². The number of anilines is 1. The van der Waals surface area contributed by atoms with Gasteiger partial charge in [-0.2, -0.15) is 0 Å². The second-order valence-electron chi connectivity index (χ2n) is 7.54. The molecule has 0 fully saturated rings. The third-order valence-corrected chi connectivity index (χ3v) is 5.37. The summed E-state index contributed by atoms with van der Waals surface area (Å²) in [5.74, 6) is -1.35. The van der Waals surface area contributed by atoms with Gasteiger partial charge in [0.25, 0.3) is 11.8 Å². The van der Waals surface area contributed by atoms with Gasteiger partial charge < -0.3 is 5.32 Å². The van der Waals surface area contributed by atoms with Crippen LogP contribution in [0.25, 0.3) is 0 Å². The zero-order valence-corrected chi connectivity index (χ0v) is 15.5. The lowest BCUT2D eigenvalue weighted by Gasteiger charge is -2.28. The zero-order valence-electron chi connectivity index (χ0n) is 15.5. The molecule has 1 heterocycles. The van der Waals surface area contributed by atoms with Gasteiger partial charge in [0.15, 0.2) is 0 Å². The molecule has 0 saturated carbocycles. The summed E-state index contributed by atoms with van der Waals surface area (Å²) < 4.78 is 0. The molecule has 1 aliphatic heterocycles. The molecule has 2 aromatic rings. The van der Waals surface area contributed by atoms with Crippen molar-refractivity contribution in [2.45, 2.75) is 39.2 Å². The molecule has 0 spiro atoms. The zero-order chi connectivity index (χ0) is 19.1. The fourth-order valence-electron chi connectivity index (χ4n) is 4.04. The molecule has 4 rings (SSSR count). The van der Waals surface area contributed by atoms with Crippen molar-refractivity contribution in [1.82, 2.24) is 4.90 Å². The summed E-state index contributed by atoms with van der Waals surface area (Å²) in [5.41, 5.74) is 4.02. The predicted molar refractivity (Wildman–Crippen MR) is 103 cm³/mol. The van der Waals surface area contributed by atoms with Crippen LogP contribution < -0.4 is 5.32 Å². The van der Waals surface area contributed by atoms with Gasteiger partial charge in [-0.3, -0.25) is 19.3 Å². The highest BCUT2D eigenvalue weighted by Crippen LogP contribution is 2.29. The maximum atomic E-state index is 13.0. The van der Waals surface area contributed by atoms with Gasteiger partial charge in [-0.25, -0.2) is 0 Å². The summed E-state index contributed by atoms with van der Waals surface area (Å²) in [7, 11) is 0. The smallest absolute Gasteiger partial charge is 0.262 e. The van der Waals surface area contributed by atoms with Crippen molar-refractivity contribution >= 4 is 23.4 Å². The van der Waals surface area contributed by atoms with Crippen molar-refractivity contribution in [2.75, 3.05) is 5.32 Å². The summed E-state index contributed by atoms with van der Waals surface area (Å²) in [5, 5.41) is 2.91. The molecule has 0 saturated heterocycles. The molecule has 1 N–H and O–H groups in total. The number of carbonyl (C=O) groups is 3. The topological polar surface area (TPSA) is 66.5 Å². The van der Waals surface area contributed by atoms with E-state index >= 15 is 0 Å². The van der Waals surface area contributed by atoms with Gasteiger partial charge in [0, 0.05) is 5.69 Å². The van der Waals surface area contributed by atoms with Crippen molar-refractivity contribution in [3.8, 4) is 0 Å². The van der Waals surface area contributed by atoms with Crippen molar-refractivity contribution in [2.24, 2.45) is 5.92 Å². The van der Waals surface area contributed by atoms with E-state index in [1.165, 1.54) is 11.1 Å². The van der Waals surface area contributed by atoms with E-state index < -0.39 is 17.9 Å². The maximum Gasteiger partial charge on any atom is 0.262 e. The number of fused-ring (bicyclic) bond motifs is 2. The van der Waals surface area contributed by atoms with Gasteiger partial charge in [-0.05, 0) is 60.6 Å². The number of benzene rings is 2. The van der Waals surface area contributed by atoms with Crippen LogP contribution in [0.2, 0.25) is 0 Å². The van der Waals surface area contributed by atoms with E-state index in [0.717, 1.165) is 24.2 Å². The summed E-state index contributed by atoms with van der Waals surface area (Å²) in [6, 6.07) is 11.8. The Morgan fingerprint density at radius 3 is 2.22 bits per heavy atom. The lowest BCUT2D eigenvalue weighted by Crippen LogP contribution is -2.50. The molecule has 27 heavy (non-hydrogen) atoms. The number of nitrogens with one attached hydrogen (secondary N) is 1. The van der Waals surface area contributed by atoms with E-state index in [0.29, 0.717) is 16.8 Å². The molecule has 1 aliphatic carbocycles. The Balaban J connectivity index is 1.61. The molecule has 5 nitrogen and oxygen atoms in total. The van der Waals surface area contributed by atoms with Gasteiger partial charge >= 0.3 is 0 Å². The molecule has 3 amide bonds. The Morgan fingerprint density at radius 2 is 1.59 bits per heavy atom. The van der Waals surface area contributed by atoms with Crippen molar-refractivity contribution in [3.63, 3.8) is 0 Å². The number of carbonyl (C=O) groups excluding carboxylic acids is 3. The summed E-state index contributed by atoms with van der Waals surface area (Å²) in [4.78, 5) is 39.7. The number of amides is 3. The normalized spacial score (nSPS) is 16.5. The Hall–Kier alpha value is -2.95. The standard InChI is InChI=1S/C22H22N2O3/c1-13(2)19(24-21(26)17-8-3-4-9-18(17)22(24)27)20(25)23-16-11-10-14-6-5-7-15(14)12-16/h3-4,8-13,19H,5-7H2,1-2H3,(H,23,25)/t19-/m0/s1. The van der Waals surface area contributed by atoms with E-state index in [1.54, 1.807) is 24.3 Å². The predicted octanol–water partition coefficient (Wildman–Crippen LogP) is 3.43. The van der Waals surface area contributed by atoms with E-state index in [2.05, 4.69) is 5.32 Å². The fourth-order valence-corrected chi connectivity index (χ4v) is 4.04. The number of hydrogen-bond donors (Lipinski definition) is 1. The average molecular weight is 362 g/mol. The lowest BCUT2D eigenvalue weighted by molar-refractivity contribution is -0.121. The molecular formula is C22H22N2O3. The lowest BCUT2D eigenvalue weighted by atomic mass is 10.0. The van der Waals surface area contributed by atoms with Crippen LogP contribution in [0, 0.1) is 5.92 Å². The minimum atomic E-state index is -0.856. The molecule has 5 heteroatoms. The number of rotatable bonds is 4. The van der Waals surface area contributed by atoms with Crippen molar-refractivity contribution < 1.29 is 14.4 Å². The van der Waals surface area contributed by atoms with Crippen LogP contribution in [0.15, 0.2) is 42.5 Å². The number of imide groups is 1. The quantitative estimate of drug-likeness (QED) is 0.848. The van der Waals surface area contributed by atoms with Gasteiger partial charge in [-0.15, -0.1) is 0 Å². The highest BCUT2D eigenvalue weighted by Gasteiger charge is 2.43. The van der Waals surface area contributed by atoms with Crippen LogP contribution in [-0.2, 0) is 17.6 Å². The summed E-state index contributed by atoms with van der Waals surface area (Å²) >= 11 is 0. The Labute approximate surface area is 158 Å². The first kappa shape index (κ1) is 17.5. The van der Waals surface area contributed by atoms with Crippen LogP contribution in [0.1, 0.15) is 52.1 Å². The largest absolute Gasteiger partial charge is 0.324 e. The first-order valence-electron chi connectivity index (χ1n) is 9.37. The third-order valence-electron chi connectivity index (χ3n) is 5.37. The molecular weight excluding hydrogens is 340 g/mol. The molecule has 2 aromatic carbocycles.